The van der Waals surface area contributed by atoms with Gasteiger partial charge in [-0.15, -0.1) is 0 Å². The van der Waals surface area contributed by atoms with Gasteiger partial charge in [-0.1, -0.05) is 18.2 Å². The van der Waals surface area contributed by atoms with E-state index in [-0.39, 0.29) is 0 Å². The molecule has 1 heterocycles. The van der Waals surface area contributed by atoms with Crippen LogP contribution in [0.25, 0.3) is 0 Å². The van der Waals surface area contributed by atoms with Crippen molar-refractivity contribution < 1.29 is 0 Å². The van der Waals surface area contributed by atoms with Gasteiger partial charge in [-0.3, -0.25) is 4.98 Å². The number of anilines is 1. The Labute approximate surface area is 108 Å². The number of nitrogens with zero attached hydrogens (tertiary/aromatic N) is 2. The predicted molar refractivity (Wildman–Crippen MR) is 75.5 cm³/mol. The monoisotopic (exact) mass is 241 g/mol. The standard InChI is InChI=1S/C15H19N3/c1-18(12-14-3-2-10-17-11-14)15-6-4-13(5-7-15)8-9-16/h2-7,10-11H,8-9,12,16H2,1H3. The van der Waals surface area contributed by atoms with E-state index in [0.717, 1.165) is 13.0 Å². The summed E-state index contributed by atoms with van der Waals surface area (Å²) in [6, 6.07) is 12.6. The zero-order chi connectivity index (χ0) is 12.8. The van der Waals surface area contributed by atoms with E-state index in [1.54, 1.807) is 6.20 Å². The molecule has 0 amide bonds. The Balaban J connectivity index is 2.02. The van der Waals surface area contributed by atoms with Crippen LogP contribution in [0.3, 0.4) is 0 Å². The first-order valence-electron chi connectivity index (χ1n) is 6.18. The lowest BCUT2D eigenvalue weighted by atomic mass is 10.1. The molecule has 0 bridgehead atoms. The van der Waals surface area contributed by atoms with Crippen molar-refractivity contribution in [3.8, 4) is 0 Å². The van der Waals surface area contributed by atoms with Gasteiger partial charge >= 0.3 is 0 Å². The molecule has 0 saturated heterocycles. The predicted octanol–water partition coefficient (Wildman–Crippen LogP) is 2.22. The van der Waals surface area contributed by atoms with Gasteiger partial charge in [0.25, 0.3) is 0 Å². The molecule has 0 fully saturated rings. The summed E-state index contributed by atoms with van der Waals surface area (Å²) in [4.78, 5) is 6.34. The molecule has 0 radical (unpaired) electrons. The summed E-state index contributed by atoms with van der Waals surface area (Å²) in [6.45, 7) is 1.56. The van der Waals surface area contributed by atoms with Crippen molar-refractivity contribution in [3.63, 3.8) is 0 Å². The van der Waals surface area contributed by atoms with Crippen LogP contribution in [0.5, 0.6) is 0 Å². The van der Waals surface area contributed by atoms with Crippen molar-refractivity contribution in [2.24, 2.45) is 5.73 Å². The Morgan fingerprint density at radius 2 is 1.89 bits per heavy atom. The fraction of sp³-hybridized carbons (Fsp3) is 0.267. The maximum atomic E-state index is 5.54. The average molecular weight is 241 g/mol. The van der Waals surface area contributed by atoms with Crippen LogP contribution in [0.1, 0.15) is 11.1 Å². The van der Waals surface area contributed by atoms with Crippen LogP contribution >= 0.6 is 0 Å². The molecule has 18 heavy (non-hydrogen) atoms. The quantitative estimate of drug-likeness (QED) is 0.872. The van der Waals surface area contributed by atoms with Crippen molar-refractivity contribution in [1.82, 2.24) is 4.98 Å². The Morgan fingerprint density at radius 1 is 1.11 bits per heavy atom. The Kier molecular flexibility index (Phi) is 4.31. The van der Waals surface area contributed by atoms with E-state index in [1.807, 2.05) is 12.3 Å². The third kappa shape index (κ3) is 3.31. The summed E-state index contributed by atoms with van der Waals surface area (Å²) >= 11 is 0. The van der Waals surface area contributed by atoms with E-state index >= 15 is 0 Å². The molecule has 94 valence electrons. The van der Waals surface area contributed by atoms with Crippen LogP contribution in [0, 0.1) is 0 Å². The number of hydrogen-bond acceptors (Lipinski definition) is 3. The van der Waals surface area contributed by atoms with Gasteiger partial charge < -0.3 is 10.6 Å². The molecule has 3 heteroatoms. The first kappa shape index (κ1) is 12.6. The average Bonchev–Trinajstić information content (AvgIpc) is 2.41. The van der Waals surface area contributed by atoms with Crippen LogP contribution in [0.15, 0.2) is 48.8 Å². The van der Waals surface area contributed by atoms with Gasteiger partial charge in [0.2, 0.25) is 0 Å². The molecule has 0 aliphatic rings. The Morgan fingerprint density at radius 3 is 2.50 bits per heavy atom. The highest BCUT2D eigenvalue weighted by Crippen LogP contribution is 2.16. The minimum Gasteiger partial charge on any atom is -0.370 e. The molecule has 1 aromatic heterocycles. The number of rotatable bonds is 5. The largest absolute Gasteiger partial charge is 0.370 e. The van der Waals surface area contributed by atoms with Crippen molar-refractivity contribution >= 4 is 5.69 Å². The summed E-state index contributed by atoms with van der Waals surface area (Å²) in [5, 5.41) is 0. The van der Waals surface area contributed by atoms with E-state index in [9.17, 15) is 0 Å². The second-order valence-electron chi connectivity index (χ2n) is 4.42. The van der Waals surface area contributed by atoms with Gasteiger partial charge in [-0.2, -0.15) is 0 Å². The molecule has 0 unspecified atom stereocenters. The molecule has 1 aromatic carbocycles. The zero-order valence-electron chi connectivity index (χ0n) is 10.7. The Hall–Kier alpha value is -1.87. The molecule has 0 aliphatic carbocycles. The molecular weight excluding hydrogens is 222 g/mol. The van der Waals surface area contributed by atoms with Crippen LogP contribution < -0.4 is 10.6 Å². The highest BCUT2D eigenvalue weighted by atomic mass is 15.1. The molecule has 0 saturated carbocycles. The number of hydrogen-bond donors (Lipinski definition) is 1. The van der Waals surface area contributed by atoms with Gasteiger partial charge in [0.15, 0.2) is 0 Å². The fourth-order valence-corrected chi connectivity index (χ4v) is 1.94. The first-order valence-corrected chi connectivity index (χ1v) is 6.18. The van der Waals surface area contributed by atoms with Gasteiger partial charge in [-0.05, 0) is 42.3 Å². The van der Waals surface area contributed by atoms with Crippen molar-refractivity contribution in [3.05, 3.63) is 59.9 Å². The SMILES string of the molecule is CN(Cc1cccnc1)c1ccc(CCN)cc1. The molecule has 2 rings (SSSR count). The van der Waals surface area contributed by atoms with E-state index < -0.39 is 0 Å². The van der Waals surface area contributed by atoms with Crippen LogP contribution in [0.4, 0.5) is 5.69 Å². The number of aromatic nitrogens is 1. The highest BCUT2D eigenvalue weighted by Gasteiger charge is 2.02. The number of pyridine rings is 1. The molecule has 2 N–H and O–H groups in total. The molecule has 2 aromatic rings. The second-order valence-corrected chi connectivity index (χ2v) is 4.42. The molecule has 0 atom stereocenters. The minimum atomic E-state index is 0.699. The normalized spacial score (nSPS) is 10.3. The van der Waals surface area contributed by atoms with Crippen LogP contribution in [-0.4, -0.2) is 18.6 Å². The van der Waals surface area contributed by atoms with Gasteiger partial charge in [-0.25, -0.2) is 0 Å². The fourth-order valence-electron chi connectivity index (χ4n) is 1.94. The van der Waals surface area contributed by atoms with Crippen LogP contribution in [0.2, 0.25) is 0 Å². The second kappa shape index (κ2) is 6.17. The summed E-state index contributed by atoms with van der Waals surface area (Å²) in [5.41, 5.74) is 9.25. The van der Waals surface area contributed by atoms with Gasteiger partial charge in [0.05, 0.1) is 0 Å². The minimum absolute atomic E-state index is 0.699. The molecule has 3 nitrogen and oxygen atoms in total. The maximum Gasteiger partial charge on any atom is 0.0441 e. The van der Waals surface area contributed by atoms with Crippen molar-refractivity contribution in [2.75, 3.05) is 18.5 Å². The molecular formula is C15H19N3. The lowest BCUT2D eigenvalue weighted by molar-refractivity contribution is 0.912. The van der Waals surface area contributed by atoms with Crippen LogP contribution in [-0.2, 0) is 13.0 Å². The smallest absolute Gasteiger partial charge is 0.0441 e. The summed E-state index contributed by atoms with van der Waals surface area (Å²) in [6.07, 6.45) is 4.64. The van der Waals surface area contributed by atoms with Crippen molar-refractivity contribution in [2.45, 2.75) is 13.0 Å². The third-order valence-corrected chi connectivity index (χ3v) is 2.95. The maximum absolute atomic E-state index is 5.54. The van der Waals surface area contributed by atoms with Crippen molar-refractivity contribution in [1.29, 1.82) is 0 Å². The Bertz CT molecular complexity index is 465. The molecule has 0 spiro atoms. The number of benzene rings is 1. The lowest BCUT2D eigenvalue weighted by Gasteiger charge is -2.19. The lowest BCUT2D eigenvalue weighted by Crippen LogP contribution is -2.16. The van der Waals surface area contributed by atoms with E-state index in [1.165, 1.54) is 16.8 Å². The molecule has 0 aliphatic heterocycles. The van der Waals surface area contributed by atoms with E-state index in [4.69, 9.17) is 5.73 Å². The van der Waals surface area contributed by atoms with E-state index in [2.05, 4.69) is 47.3 Å². The summed E-state index contributed by atoms with van der Waals surface area (Å²) in [7, 11) is 2.09. The third-order valence-electron chi connectivity index (χ3n) is 2.95. The summed E-state index contributed by atoms with van der Waals surface area (Å²) in [5.74, 6) is 0. The number of nitrogens with two attached hydrogens (primary N) is 1. The first-order chi connectivity index (χ1) is 8.79. The summed E-state index contributed by atoms with van der Waals surface area (Å²) < 4.78 is 0. The van der Waals surface area contributed by atoms with Gasteiger partial charge in [0.1, 0.15) is 0 Å². The van der Waals surface area contributed by atoms with Gasteiger partial charge in [0, 0.05) is 31.7 Å². The van der Waals surface area contributed by atoms with E-state index in [0.29, 0.717) is 6.54 Å². The topological polar surface area (TPSA) is 42.2 Å². The highest BCUT2D eigenvalue weighted by molar-refractivity contribution is 5.47. The zero-order valence-corrected chi connectivity index (χ0v) is 10.7.